The Balaban J connectivity index is -0.00000000500. The Morgan fingerprint density at radius 2 is 1.33 bits per heavy atom. The van der Waals surface area contributed by atoms with Crippen LogP contribution in [0.15, 0.2) is 0 Å². The van der Waals surface area contributed by atoms with Gasteiger partial charge >= 0.3 is 13.0 Å². The summed E-state index contributed by atoms with van der Waals surface area (Å²) in [4.78, 5) is 0. The molecule has 0 amide bonds. The van der Waals surface area contributed by atoms with Gasteiger partial charge in [0.15, 0.2) is 0 Å². The van der Waals surface area contributed by atoms with Gasteiger partial charge in [-0.25, -0.2) is 0 Å². The van der Waals surface area contributed by atoms with Crippen LogP contribution >= 0.6 is 0 Å². The van der Waals surface area contributed by atoms with Gasteiger partial charge in [-0.15, -0.1) is 0 Å². The number of hydrogen-bond acceptors (Lipinski definition) is 1. The molecule has 0 fully saturated rings. The normalized spacial score (nSPS) is 1.33. The Morgan fingerprint density at radius 3 is 1.33 bits per heavy atom. The second-order valence-corrected chi connectivity index (χ2v) is 0. The molecule has 0 aromatic carbocycles. The van der Waals surface area contributed by atoms with Crippen molar-refractivity contribution in [1.82, 2.24) is 0 Å². The van der Waals surface area contributed by atoms with E-state index in [-0.39, 0.29) is 48.8 Å². The zero-order valence-corrected chi connectivity index (χ0v) is 6.94. The Morgan fingerprint density at radius 1 is 1.33 bits per heavy atom. The average Bonchev–Trinajstić information content (AvgIpc) is 1.50. The minimum Gasteiger partial charge on any atom is -0.428 e. The summed E-state index contributed by atoms with van der Waals surface area (Å²) in [6.07, 6.45) is 0. The number of nitrogens with two attached hydrogens (primary N) is 1. The van der Waals surface area contributed by atoms with E-state index in [1.165, 1.54) is 0 Å². The van der Waals surface area contributed by atoms with Crippen molar-refractivity contribution in [3.05, 3.63) is 5.31 Å². The molecule has 0 aromatic rings. The smallest absolute Gasteiger partial charge is 0.247 e. The summed E-state index contributed by atoms with van der Waals surface area (Å²) in [7, 11) is 3.50. The molecule has 0 saturated carbocycles. The molecule has 0 saturated heterocycles. The van der Waals surface area contributed by atoms with Crippen LogP contribution in [0.1, 0.15) is 0 Å². The van der Waals surface area contributed by atoms with Crippen LogP contribution in [0, 0.1) is 40.4 Å². The van der Waals surface area contributed by atoms with Crippen molar-refractivity contribution in [1.29, 1.82) is 0 Å². The van der Waals surface area contributed by atoms with E-state index >= 15 is 0 Å². The van der Waals surface area contributed by atoms with E-state index in [9.17, 15) is 0 Å². The Hall–Kier alpha value is 1.76. The van der Waals surface area contributed by atoms with Gasteiger partial charge in [0.05, 0.1) is 0 Å². The molecule has 0 heterocycles. The molecule has 6 heavy (non-hydrogen) atoms. The largest absolute Gasteiger partial charge is 0.428 e. The molecule has 2 N–H and O–H groups in total. The molecule has 28 valence electrons. The monoisotopic (exact) mass is 231 g/mol. The van der Waals surface area contributed by atoms with Crippen LogP contribution in [0.3, 0.4) is 0 Å². The van der Waals surface area contributed by atoms with Crippen molar-refractivity contribution < 1.29 is 40.4 Å². The topological polar surface area (TPSA) is 48.3 Å². The maximum atomic E-state index is 6.50. The molecule has 6 radical (unpaired) electrons. The van der Waals surface area contributed by atoms with E-state index in [1.54, 1.807) is 0 Å². The Kier molecular flexibility index (Phi) is 303. The average molecular weight is 229 g/mol. The molecule has 0 aliphatic rings. The first-order valence-corrected chi connectivity index (χ1v) is 1.26. The predicted molar refractivity (Wildman–Crippen MR) is 24.8 cm³/mol. The van der Waals surface area contributed by atoms with Crippen LogP contribution in [0.2, 0.25) is 0 Å². The summed E-state index contributed by atoms with van der Waals surface area (Å²) in [5.41, 5.74) is 0. The van der Waals surface area contributed by atoms with Crippen molar-refractivity contribution in [2.45, 2.75) is 0 Å². The zero-order chi connectivity index (χ0) is 4.00. The van der Waals surface area contributed by atoms with E-state index in [1.807, 2.05) is 16.5 Å². The van der Waals surface area contributed by atoms with Crippen molar-refractivity contribution in [3.63, 3.8) is 0 Å². The molecule has 6 heteroatoms. The minimum absolute atomic E-state index is 0. The second-order valence-electron chi connectivity index (χ2n) is 0. The summed E-state index contributed by atoms with van der Waals surface area (Å²) in [5, 5.41) is 6.50. The molecule has 0 rings (SSSR count). The molecule has 2 nitrogen and oxygen atoms in total. The van der Waals surface area contributed by atoms with Crippen molar-refractivity contribution >= 4 is 32.6 Å². The number of rotatable bonds is 0. The van der Waals surface area contributed by atoms with E-state index in [0.29, 0.717) is 0 Å². The number of nitrogens with zero attached hydrogens (tertiary/aromatic N) is 1. The van der Waals surface area contributed by atoms with Crippen LogP contribution in [0.25, 0.3) is 5.31 Å². The van der Waals surface area contributed by atoms with Crippen LogP contribution < -0.4 is 4.72 Å². The molecular formula is H2AlB2N2Sm-. The standard InChI is InChI=1S/Al.BN.B.H2N.Sm/c;1-2;;;/h;;;1H2;/q+1;-1;;-1;. The fourth-order valence-electron chi connectivity index (χ4n) is 0. The van der Waals surface area contributed by atoms with Gasteiger partial charge in [0.2, 0.25) is 16.5 Å². The van der Waals surface area contributed by atoms with Gasteiger partial charge in [-0.3, -0.25) is 0 Å². The van der Waals surface area contributed by atoms with Gasteiger partial charge in [0.1, 0.15) is 0 Å². The van der Waals surface area contributed by atoms with Crippen molar-refractivity contribution in [2.24, 2.45) is 4.72 Å². The van der Waals surface area contributed by atoms with Crippen molar-refractivity contribution in [3.8, 4) is 0 Å². The van der Waals surface area contributed by atoms with E-state index < -0.39 is 0 Å². The molecule has 0 spiro atoms. The zero-order valence-electron chi connectivity index (χ0n) is 3.16. The molecule has 0 atom stereocenters. The third-order valence-corrected chi connectivity index (χ3v) is 0. The van der Waals surface area contributed by atoms with Crippen LogP contribution in [0.4, 0.5) is 0 Å². The second kappa shape index (κ2) is 72.4. The fourth-order valence-corrected chi connectivity index (χ4v) is 0. The Labute approximate surface area is 81.9 Å². The van der Waals surface area contributed by atoms with Crippen LogP contribution in [-0.4, -0.2) is 32.6 Å². The first kappa shape index (κ1) is 25.1. The summed E-state index contributed by atoms with van der Waals surface area (Å²) in [5.74, 6) is 0. The van der Waals surface area contributed by atoms with Gasteiger partial charge in [0, 0.05) is 48.8 Å². The van der Waals surface area contributed by atoms with Gasteiger partial charge in [-0.05, 0) is 0 Å². The summed E-state index contributed by atoms with van der Waals surface area (Å²) in [6.45, 7) is 0. The summed E-state index contributed by atoms with van der Waals surface area (Å²) >= 11 is 1.92. The molecule has 0 aromatic heterocycles. The first-order valence-electron chi connectivity index (χ1n) is 0.592. The fraction of sp³-hybridized carbons (Fsp3) is 0. The third-order valence-electron chi connectivity index (χ3n) is 0. The van der Waals surface area contributed by atoms with E-state index in [4.69, 9.17) is 5.31 Å². The van der Waals surface area contributed by atoms with Gasteiger partial charge in [-0.2, -0.15) is 0 Å². The molecule has 0 aliphatic heterocycles. The maximum absolute atomic E-state index is 6.50. The van der Waals surface area contributed by atoms with E-state index in [0.717, 1.165) is 0 Å². The van der Waals surface area contributed by atoms with E-state index in [2.05, 4.69) is 12.4 Å². The minimum atomic E-state index is 0. The van der Waals surface area contributed by atoms with Gasteiger partial charge < -0.3 is 4.72 Å². The SMILES string of the molecule is [B].[B]=[N-].[NH2][Al].[Sm]. The number of hydrogen-bond donors (Lipinski definition) is 1. The van der Waals surface area contributed by atoms with Gasteiger partial charge in [-0.1, -0.05) is 0 Å². The molecular weight excluding hydrogens is 227 g/mol. The summed E-state index contributed by atoms with van der Waals surface area (Å²) in [6, 6.07) is 0. The Bertz CT molecular complexity index is 11.5. The summed E-state index contributed by atoms with van der Waals surface area (Å²) < 4.78 is 4.42. The van der Waals surface area contributed by atoms with Crippen LogP contribution in [0.5, 0.6) is 0 Å². The third kappa shape index (κ3) is 42.1. The molecule has 0 bridgehead atoms. The van der Waals surface area contributed by atoms with Crippen molar-refractivity contribution in [2.75, 3.05) is 0 Å². The quantitative estimate of drug-likeness (QED) is 0.508. The maximum Gasteiger partial charge on any atom is 0.247 e. The van der Waals surface area contributed by atoms with Crippen LogP contribution in [-0.2, 0) is 0 Å². The molecule has 0 unspecified atom stereocenters. The first-order chi connectivity index (χ1) is 2.00. The molecule has 0 aliphatic carbocycles. The predicted octanol–water partition coefficient (Wildman–Crippen LogP) is -1.44. The van der Waals surface area contributed by atoms with Gasteiger partial charge in [0.25, 0.3) is 0 Å².